The molecule has 3 rings (SSSR count). The molecule has 3 aliphatic carbocycles. The summed E-state index contributed by atoms with van der Waals surface area (Å²) in [6.07, 6.45) is 3.53. The lowest BCUT2D eigenvalue weighted by atomic mass is 9.61. The Bertz CT molecular complexity index is 246. The molecule has 0 N–H and O–H groups in total. The summed E-state index contributed by atoms with van der Waals surface area (Å²) in [5.74, 6) is 2.72. The van der Waals surface area contributed by atoms with E-state index in [0.29, 0.717) is 29.5 Å². The molecule has 0 aliphatic heterocycles. The van der Waals surface area contributed by atoms with Crippen LogP contribution < -0.4 is 0 Å². The molecule has 1 heteroatoms. The monoisotopic (exact) mass is 148 g/mol. The zero-order valence-corrected chi connectivity index (χ0v) is 6.55. The SMILES string of the molecule is C=C1[C@H]2CCC3C(=O)[C@H](C2)[C@H]13. The van der Waals surface area contributed by atoms with Gasteiger partial charge in [0.2, 0.25) is 0 Å². The molecule has 0 aromatic carbocycles. The molecular weight excluding hydrogens is 136 g/mol. The van der Waals surface area contributed by atoms with Crippen molar-refractivity contribution in [2.75, 3.05) is 0 Å². The number of hydrogen-bond donors (Lipinski definition) is 0. The van der Waals surface area contributed by atoms with Crippen LogP contribution in [0.15, 0.2) is 12.2 Å². The van der Waals surface area contributed by atoms with Crippen LogP contribution in [0, 0.1) is 23.7 Å². The number of carbonyl (C=O) groups is 1. The van der Waals surface area contributed by atoms with Crippen LogP contribution in [0.2, 0.25) is 0 Å². The molecule has 0 aromatic heterocycles. The van der Waals surface area contributed by atoms with Crippen molar-refractivity contribution in [3.63, 3.8) is 0 Å². The first-order valence-corrected chi connectivity index (χ1v) is 4.51. The molecule has 3 saturated carbocycles. The summed E-state index contributed by atoms with van der Waals surface area (Å²) in [5.41, 5.74) is 1.41. The Labute approximate surface area is 66.5 Å². The van der Waals surface area contributed by atoms with Gasteiger partial charge >= 0.3 is 0 Å². The number of rotatable bonds is 0. The lowest BCUT2D eigenvalue weighted by Gasteiger charge is -2.40. The summed E-state index contributed by atoms with van der Waals surface area (Å²) in [6, 6.07) is 0. The summed E-state index contributed by atoms with van der Waals surface area (Å²) in [5, 5.41) is 0. The highest BCUT2D eigenvalue weighted by Crippen LogP contribution is 2.60. The van der Waals surface area contributed by atoms with E-state index in [1.54, 1.807) is 0 Å². The number of Topliss-reactive ketones (excluding diaryl/α,β-unsaturated/α-hetero) is 1. The smallest absolute Gasteiger partial charge is 0.140 e. The second kappa shape index (κ2) is 1.60. The van der Waals surface area contributed by atoms with Crippen molar-refractivity contribution in [1.29, 1.82) is 0 Å². The number of hydrogen-bond acceptors (Lipinski definition) is 1. The van der Waals surface area contributed by atoms with Gasteiger partial charge in [-0.1, -0.05) is 12.2 Å². The lowest BCUT2D eigenvalue weighted by Crippen LogP contribution is -2.45. The quantitative estimate of drug-likeness (QED) is 0.479. The summed E-state index contributed by atoms with van der Waals surface area (Å²) in [4.78, 5) is 11.4. The van der Waals surface area contributed by atoms with E-state index in [2.05, 4.69) is 6.58 Å². The van der Waals surface area contributed by atoms with Gasteiger partial charge in [-0.25, -0.2) is 0 Å². The fourth-order valence-corrected chi connectivity index (χ4v) is 3.31. The molecule has 0 aromatic rings. The maximum absolute atomic E-state index is 11.4. The molecule has 11 heavy (non-hydrogen) atoms. The Kier molecular flexibility index (Phi) is 0.869. The van der Waals surface area contributed by atoms with Gasteiger partial charge in [0.05, 0.1) is 0 Å². The van der Waals surface area contributed by atoms with E-state index >= 15 is 0 Å². The molecule has 0 spiro atoms. The average molecular weight is 148 g/mol. The normalized spacial score (nSPS) is 52.7. The van der Waals surface area contributed by atoms with Crippen molar-refractivity contribution in [2.24, 2.45) is 23.7 Å². The minimum atomic E-state index is 0.409. The number of allylic oxidation sites excluding steroid dienone is 1. The van der Waals surface area contributed by atoms with Gasteiger partial charge in [-0.05, 0) is 31.1 Å². The minimum Gasteiger partial charge on any atom is -0.299 e. The lowest BCUT2D eigenvalue weighted by molar-refractivity contribution is -0.139. The van der Waals surface area contributed by atoms with Crippen molar-refractivity contribution in [2.45, 2.75) is 19.3 Å². The van der Waals surface area contributed by atoms with E-state index in [1.807, 2.05) is 0 Å². The van der Waals surface area contributed by atoms with E-state index in [1.165, 1.54) is 12.0 Å². The standard InChI is InChI=1S/C10H12O/c1-5-6-2-3-7-9(5)8(4-6)10(7)11/h6-9H,1-4H2/t6-,7?,8+,9+/m0/s1. The van der Waals surface area contributed by atoms with Crippen molar-refractivity contribution in [3.8, 4) is 0 Å². The van der Waals surface area contributed by atoms with Crippen LogP contribution in [-0.4, -0.2) is 5.78 Å². The summed E-state index contributed by atoms with van der Waals surface area (Å²) in [6.45, 7) is 4.10. The Balaban J connectivity index is 2.07. The fraction of sp³-hybridized carbons (Fsp3) is 0.700. The Morgan fingerprint density at radius 2 is 2.09 bits per heavy atom. The molecule has 0 radical (unpaired) electrons. The first-order chi connectivity index (χ1) is 5.29. The van der Waals surface area contributed by atoms with Gasteiger partial charge in [-0.15, -0.1) is 0 Å². The topological polar surface area (TPSA) is 17.1 Å². The summed E-state index contributed by atoms with van der Waals surface area (Å²) < 4.78 is 0. The minimum absolute atomic E-state index is 0.409. The Morgan fingerprint density at radius 3 is 2.91 bits per heavy atom. The third-order valence-electron chi connectivity index (χ3n) is 3.92. The largest absolute Gasteiger partial charge is 0.299 e. The fourth-order valence-electron chi connectivity index (χ4n) is 3.31. The molecule has 1 nitrogen and oxygen atoms in total. The maximum atomic E-state index is 11.4. The third kappa shape index (κ3) is 0.492. The van der Waals surface area contributed by atoms with Crippen LogP contribution in [0.1, 0.15) is 19.3 Å². The van der Waals surface area contributed by atoms with Crippen LogP contribution in [-0.2, 0) is 4.79 Å². The first-order valence-electron chi connectivity index (χ1n) is 4.51. The molecule has 4 atom stereocenters. The van der Waals surface area contributed by atoms with Crippen LogP contribution in [0.5, 0.6) is 0 Å². The predicted molar refractivity (Wildman–Crippen MR) is 42.0 cm³/mol. The maximum Gasteiger partial charge on any atom is 0.140 e. The molecule has 0 amide bonds. The second-order valence-electron chi connectivity index (χ2n) is 4.23. The van der Waals surface area contributed by atoms with E-state index < -0.39 is 0 Å². The van der Waals surface area contributed by atoms with Gasteiger partial charge in [0, 0.05) is 11.8 Å². The van der Waals surface area contributed by atoms with Crippen molar-refractivity contribution < 1.29 is 4.79 Å². The highest BCUT2D eigenvalue weighted by Gasteiger charge is 2.58. The van der Waals surface area contributed by atoms with E-state index in [-0.39, 0.29) is 0 Å². The molecule has 1 unspecified atom stereocenters. The number of carbonyl (C=O) groups excluding carboxylic acids is 1. The van der Waals surface area contributed by atoms with Crippen LogP contribution in [0.4, 0.5) is 0 Å². The van der Waals surface area contributed by atoms with Gasteiger partial charge < -0.3 is 0 Å². The highest BCUT2D eigenvalue weighted by atomic mass is 16.1. The van der Waals surface area contributed by atoms with Gasteiger partial charge in [0.15, 0.2) is 0 Å². The molecule has 2 bridgehead atoms. The van der Waals surface area contributed by atoms with Crippen LogP contribution in [0.3, 0.4) is 0 Å². The summed E-state index contributed by atoms with van der Waals surface area (Å²) >= 11 is 0. The van der Waals surface area contributed by atoms with E-state index in [0.717, 1.165) is 12.8 Å². The predicted octanol–water partition coefficient (Wildman–Crippen LogP) is 1.79. The highest BCUT2D eigenvalue weighted by molar-refractivity contribution is 5.92. The molecule has 3 fully saturated rings. The van der Waals surface area contributed by atoms with Crippen LogP contribution in [0.25, 0.3) is 0 Å². The number of fused-ring (bicyclic) bond motifs is 1. The average Bonchev–Trinajstić information content (AvgIpc) is 2.25. The first kappa shape index (κ1) is 5.99. The van der Waals surface area contributed by atoms with E-state index in [9.17, 15) is 4.79 Å². The molecule has 0 heterocycles. The Morgan fingerprint density at radius 1 is 1.27 bits per heavy atom. The van der Waals surface area contributed by atoms with Gasteiger partial charge in [0.25, 0.3) is 0 Å². The van der Waals surface area contributed by atoms with Crippen LogP contribution >= 0.6 is 0 Å². The third-order valence-corrected chi connectivity index (χ3v) is 3.92. The van der Waals surface area contributed by atoms with Crippen molar-refractivity contribution >= 4 is 5.78 Å². The molecular formula is C10H12O. The zero-order valence-electron chi connectivity index (χ0n) is 6.55. The van der Waals surface area contributed by atoms with Gasteiger partial charge in [-0.2, -0.15) is 0 Å². The van der Waals surface area contributed by atoms with Gasteiger partial charge in [0.1, 0.15) is 5.78 Å². The van der Waals surface area contributed by atoms with Gasteiger partial charge in [-0.3, -0.25) is 4.79 Å². The molecule has 58 valence electrons. The zero-order chi connectivity index (χ0) is 7.59. The van der Waals surface area contributed by atoms with Crippen molar-refractivity contribution in [1.82, 2.24) is 0 Å². The summed E-state index contributed by atoms with van der Waals surface area (Å²) in [7, 11) is 0. The second-order valence-corrected chi connectivity index (χ2v) is 4.23. The molecule has 3 aliphatic rings. The Hall–Kier alpha value is -0.590. The van der Waals surface area contributed by atoms with Crippen molar-refractivity contribution in [3.05, 3.63) is 12.2 Å². The number of ketones is 1. The van der Waals surface area contributed by atoms with E-state index in [4.69, 9.17) is 0 Å². The molecule has 0 saturated heterocycles.